The Balaban J connectivity index is 0.00000242. The van der Waals surface area contributed by atoms with Gasteiger partial charge in [-0.15, -0.1) is 24.0 Å². The maximum atomic E-state index is 5.59. The van der Waals surface area contributed by atoms with Crippen LogP contribution in [0.25, 0.3) is 0 Å². The molecule has 0 bridgehead atoms. The van der Waals surface area contributed by atoms with E-state index in [1.165, 1.54) is 11.1 Å². The number of ether oxygens (including phenoxy) is 2. The first-order chi connectivity index (χ1) is 10.3. The van der Waals surface area contributed by atoms with E-state index >= 15 is 0 Å². The van der Waals surface area contributed by atoms with Gasteiger partial charge in [0.2, 0.25) is 0 Å². The van der Waals surface area contributed by atoms with Gasteiger partial charge in [0.05, 0.1) is 26.4 Å². The van der Waals surface area contributed by atoms with E-state index in [1.54, 1.807) is 0 Å². The van der Waals surface area contributed by atoms with Gasteiger partial charge in [-0.05, 0) is 18.1 Å². The number of rotatable bonds is 8. The Morgan fingerprint density at radius 2 is 2.00 bits per heavy atom. The summed E-state index contributed by atoms with van der Waals surface area (Å²) in [6.45, 7) is 7.31. The minimum Gasteiger partial charge on any atom is -0.379 e. The van der Waals surface area contributed by atoms with Gasteiger partial charge < -0.3 is 19.7 Å². The van der Waals surface area contributed by atoms with Crippen LogP contribution in [0.2, 0.25) is 0 Å². The van der Waals surface area contributed by atoms with Crippen molar-refractivity contribution < 1.29 is 9.47 Å². The lowest BCUT2D eigenvalue weighted by Gasteiger charge is -2.15. The number of aliphatic imine (C=N–C) groups is 1. The zero-order valence-corrected chi connectivity index (χ0v) is 15.7. The zero-order valence-electron chi connectivity index (χ0n) is 13.4. The molecule has 0 fully saturated rings. The minimum atomic E-state index is 0. The summed E-state index contributed by atoms with van der Waals surface area (Å²) in [6, 6.07) is 8.44. The largest absolute Gasteiger partial charge is 0.379 e. The predicted octanol–water partition coefficient (Wildman–Crippen LogP) is 2.25. The van der Waals surface area contributed by atoms with Gasteiger partial charge in [-0.25, -0.2) is 0 Å². The van der Waals surface area contributed by atoms with E-state index in [2.05, 4.69) is 46.5 Å². The van der Waals surface area contributed by atoms with Gasteiger partial charge in [0.25, 0.3) is 0 Å². The second kappa shape index (κ2) is 10.8. The topological polar surface area (TPSA) is 46.1 Å². The molecule has 0 saturated heterocycles. The van der Waals surface area contributed by atoms with E-state index in [0.29, 0.717) is 19.8 Å². The quantitative estimate of drug-likeness (QED) is 0.519. The molecule has 0 spiro atoms. The molecule has 1 aromatic carbocycles. The molecule has 1 aliphatic rings. The Hall–Kier alpha value is -0.860. The van der Waals surface area contributed by atoms with E-state index < -0.39 is 0 Å². The summed E-state index contributed by atoms with van der Waals surface area (Å²) < 4.78 is 10.8. The van der Waals surface area contributed by atoms with E-state index in [0.717, 1.165) is 32.2 Å². The van der Waals surface area contributed by atoms with Crippen LogP contribution >= 0.6 is 24.0 Å². The Morgan fingerprint density at radius 3 is 2.73 bits per heavy atom. The van der Waals surface area contributed by atoms with E-state index in [-0.39, 0.29) is 24.0 Å². The fraction of sp³-hybridized carbons (Fsp3) is 0.562. The average Bonchev–Trinajstić information content (AvgIpc) is 2.91. The van der Waals surface area contributed by atoms with Crippen molar-refractivity contribution in [3.63, 3.8) is 0 Å². The summed E-state index contributed by atoms with van der Waals surface area (Å²) in [5.74, 6) is 0.980. The third-order valence-corrected chi connectivity index (χ3v) is 3.35. The zero-order chi connectivity index (χ0) is 14.9. The van der Waals surface area contributed by atoms with Crippen molar-refractivity contribution in [3.05, 3.63) is 35.4 Å². The monoisotopic (exact) mass is 419 g/mol. The molecule has 0 amide bonds. The number of halogens is 1. The first-order valence-corrected chi connectivity index (χ1v) is 7.52. The van der Waals surface area contributed by atoms with E-state index in [1.807, 2.05) is 6.92 Å². The summed E-state index contributed by atoms with van der Waals surface area (Å²) in [5, 5.41) is 3.37. The molecule has 0 unspecified atom stereocenters. The Bertz CT molecular complexity index is 468. The van der Waals surface area contributed by atoms with Crippen LogP contribution in [0.5, 0.6) is 0 Å². The van der Waals surface area contributed by atoms with Crippen LogP contribution in [0.4, 0.5) is 0 Å². The molecule has 0 aromatic heterocycles. The van der Waals surface area contributed by atoms with Crippen molar-refractivity contribution >= 4 is 29.9 Å². The highest BCUT2D eigenvalue weighted by atomic mass is 127. The van der Waals surface area contributed by atoms with Crippen LogP contribution in [0.15, 0.2) is 29.3 Å². The molecule has 1 aliphatic heterocycles. The second-order valence-corrected chi connectivity index (χ2v) is 5.05. The Kier molecular flexibility index (Phi) is 9.42. The molecule has 0 atom stereocenters. The Labute approximate surface area is 150 Å². The van der Waals surface area contributed by atoms with Crippen molar-refractivity contribution in [3.8, 4) is 0 Å². The molecule has 0 saturated carbocycles. The van der Waals surface area contributed by atoms with Gasteiger partial charge in [0.15, 0.2) is 5.96 Å². The van der Waals surface area contributed by atoms with Gasteiger partial charge in [0.1, 0.15) is 0 Å². The molecular formula is C16H26IN3O2. The lowest BCUT2D eigenvalue weighted by atomic mass is 10.1. The minimum absolute atomic E-state index is 0. The Morgan fingerprint density at radius 1 is 1.23 bits per heavy atom. The summed E-state index contributed by atoms with van der Waals surface area (Å²) in [5.41, 5.74) is 2.43. The third kappa shape index (κ3) is 6.50. The van der Waals surface area contributed by atoms with E-state index in [4.69, 9.17) is 9.47 Å². The fourth-order valence-corrected chi connectivity index (χ4v) is 2.19. The number of hydrogen-bond acceptors (Lipinski definition) is 5. The number of nitrogens with one attached hydrogen (secondary N) is 1. The summed E-state index contributed by atoms with van der Waals surface area (Å²) in [4.78, 5) is 6.56. The number of hydrogen-bond donors (Lipinski definition) is 1. The standard InChI is InChI=1S/C16H25N3O2.HI/c1-3-20-9-10-21-13-15-6-4-5-14(11-15)12-18-16-17-7-8-19(16)2;/h4-6,11H,3,7-10,12-13H2,1-2H3,(H,17,18);1H. The van der Waals surface area contributed by atoms with Crippen molar-refractivity contribution in [1.82, 2.24) is 10.2 Å². The molecule has 1 heterocycles. The lowest BCUT2D eigenvalue weighted by molar-refractivity contribution is 0.0453. The van der Waals surface area contributed by atoms with E-state index in [9.17, 15) is 0 Å². The highest BCUT2D eigenvalue weighted by Crippen LogP contribution is 2.07. The highest BCUT2D eigenvalue weighted by Gasteiger charge is 2.11. The van der Waals surface area contributed by atoms with Crippen LogP contribution in [0.3, 0.4) is 0 Å². The fourth-order valence-electron chi connectivity index (χ4n) is 2.19. The first kappa shape index (κ1) is 19.2. The lowest BCUT2D eigenvalue weighted by Crippen LogP contribution is -2.35. The van der Waals surface area contributed by atoms with Crippen molar-refractivity contribution in [2.75, 3.05) is 40.0 Å². The molecule has 0 radical (unpaired) electrons. The molecule has 124 valence electrons. The van der Waals surface area contributed by atoms with Gasteiger partial charge in [0, 0.05) is 26.7 Å². The summed E-state index contributed by atoms with van der Waals surface area (Å²) in [6.07, 6.45) is 0. The number of likely N-dealkylation sites (N-methyl/N-ethyl adjacent to an activating group) is 1. The second-order valence-electron chi connectivity index (χ2n) is 5.05. The van der Waals surface area contributed by atoms with Crippen LogP contribution in [0.1, 0.15) is 18.1 Å². The number of benzene rings is 1. The molecule has 6 heteroatoms. The molecule has 0 aliphatic carbocycles. The SMILES string of the molecule is CCOCCOCc1cccc(CNC2=NCCN2C)c1.I. The van der Waals surface area contributed by atoms with Crippen molar-refractivity contribution in [2.24, 2.45) is 4.99 Å². The molecular weight excluding hydrogens is 393 g/mol. The van der Waals surface area contributed by atoms with Gasteiger partial charge in [-0.2, -0.15) is 0 Å². The van der Waals surface area contributed by atoms with Crippen molar-refractivity contribution in [2.45, 2.75) is 20.1 Å². The smallest absolute Gasteiger partial charge is 0.194 e. The van der Waals surface area contributed by atoms with Gasteiger partial charge in [-0.3, -0.25) is 4.99 Å². The molecule has 5 nitrogen and oxygen atoms in total. The third-order valence-electron chi connectivity index (χ3n) is 3.35. The van der Waals surface area contributed by atoms with Gasteiger partial charge in [-0.1, -0.05) is 24.3 Å². The average molecular weight is 419 g/mol. The molecule has 22 heavy (non-hydrogen) atoms. The van der Waals surface area contributed by atoms with Gasteiger partial charge >= 0.3 is 0 Å². The molecule has 1 aromatic rings. The van der Waals surface area contributed by atoms with Crippen LogP contribution in [-0.2, 0) is 22.6 Å². The van der Waals surface area contributed by atoms with Crippen LogP contribution < -0.4 is 5.32 Å². The molecule has 2 rings (SSSR count). The summed E-state index contributed by atoms with van der Waals surface area (Å²) in [7, 11) is 2.06. The predicted molar refractivity (Wildman–Crippen MR) is 99.8 cm³/mol. The summed E-state index contributed by atoms with van der Waals surface area (Å²) >= 11 is 0. The van der Waals surface area contributed by atoms with Crippen LogP contribution in [0, 0.1) is 0 Å². The maximum Gasteiger partial charge on any atom is 0.194 e. The number of nitrogens with zero attached hydrogens (tertiary/aromatic N) is 2. The van der Waals surface area contributed by atoms with Crippen molar-refractivity contribution in [1.29, 1.82) is 0 Å². The maximum absolute atomic E-state index is 5.59. The molecule has 1 N–H and O–H groups in total. The highest BCUT2D eigenvalue weighted by molar-refractivity contribution is 14.0. The first-order valence-electron chi connectivity index (χ1n) is 7.52. The number of guanidine groups is 1. The normalized spacial score (nSPS) is 13.7. The van der Waals surface area contributed by atoms with Crippen LogP contribution in [-0.4, -0.2) is 50.8 Å².